The van der Waals surface area contributed by atoms with Crippen LogP contribution >= 0.6 is 0 Å². The normalized spacial score (nSPS) is 10.3. The topological polar surface area (TPSA) is 81.0 Å². The summed E-state index contributed by atoms with van der Waals surface area (Å²) in [6.45, 7) is 0. The minimum absolute atomic E-state index is 0.0700. The molecule has 0 fully saturated rings. The molecule has 0 atom stereocenters. The molecule has 0 spiro atoms. The summed E-state index contributed by atoms with van der Waals surface area (Å²) in [5, 5.41) is 13.8. The molecule has 0 saturated heterocycles. The van der Waals surface area contributed by atoms with E-state index in [-0.39, 0.29) is 20.4 Å². The van der Waals surface area contributed by atoms with E-state index in [1.54, 1.807) is 12.1 Å². The monoisotopic (exact) mass is 346 g/mol. The molecule has 21 heavy (non-hydrogen) atoms. The summed E-state index contributed by atoms with van der Waals surface area (Å²) in [6, 6.07) is 16.0. The van der Waals surface area contributed by atoms with Crippen molar-refractivity contribution < 1.29 is 4.92 Å². The molecule has 1 heterocycles. The Morgan fingerprint density at radius 3 is 2.43 bits per heavy atom. The van der Waals surface area contributed by atoms with Crippen LogP contribution in [0.5, 0.6) is 0 Å². The van der Waals surface area contributed by atoms with Crippen molar-refractivity contribution in [3.8, 4) is 11.4 Å². The number of rotatable bonds is 4. The zero-order valence-corrected chi connectivity index (χ0v) is 12.5. The Labute approximate surface area is 126 Å². The number of aromatic nitrogens is 2. The number of nitrogens with zero attached hydrogens (tertiary/aromatic N) is 3. The average molecular weight is 345 g/mol. The van der Waals surface area contributed by atoms with E-state index in [0.717, 1.165) is 21.8 Å². The molecule has 6 nitrogen and oxygen atoms in total. The van der Waals surface area contributed by atoms with Crippen LogP contribution in [-0.4, -0.2) is 28.6 Å². The van der Waals surface area contributed by atoms with Crippen molar-refractivity contribution in [2.75, 3.05) is 5.32 Å². The van der Waals surface area contributed by atoms with Gasteiger partial charge in [-0.05, 0) is 0 Å². The number of benzene rings is 2. The molecule has 3 aromatic rings. The Kier molecular flexibility index (Phi) is 3.77. The van der Waals surface area contributed by atoms with Gasteiger partial charge in [-0.15, -0.1) is 0 Å². The zero-order chi connectivity index (χ0) is 14.7. The number of hydrogen-bond donors (Lipinski definition) is 1. The summed E-state index contributed by atoms with van der Waals surface area (Å²) in [4.78, 5) is 14.6. The maximum atomic E-state index is 10.6. The van der Waals surface area contributed by atoms with Gasteiger partial charge in [0.25, 0.3) is 0 Å². The first-order chi connectivity index (χ1) is 10.2. The summed E-state index contributed by atoms with van der Waals surface area (Å²) >= 11 is -0.104. The fraction of sp³-hybridized carbons (Fsp3) is 0. The van der Waals surface area contributed by atoms with Crippen molar-refractivity contribution >= 4 is 30.8 Å². The van der Waals surface area contributed by atoms with Crippen LogP contribution in [-0.2, 0) is 0 Å². The van der Waals surface area contributed by atoms with E-state index in [0.29, 0.717) is 0 Å². The molecule has 0 amide bonds. The molecule has 104 valence electrons. The predicted octanol–water partition coefficient (Wildman–Crippen LogP) is 2.85. The van der Waals surface area contributed by atoms with Crippen LogP contribution in [0.1, 0.15) is 0 Å². The Morgan fingerprint density at radius 2 is 1.76 bits per heavy atom. The number of anilines is 2. The zero-order valence-electron chi connectivity index (χ0n) is 10.8. The van der Waals surface area contributed by atoms with Crippen molar-refractivity contribution in [3.05, 3.63) is 64.7 Å². The van der Waals surface area contributed by atoms with Crippen LogP contribution in [0.4, 0.5) is 16.1 Å². The van der Waals surface area contributed by atoms with E-state index in [1.807, 2.05) is 30.3 Å². The van der Waals surface area contributed by atoms with Gasteiger partial charge < -0.3 is 0 Å². The Morgan fingerprint density at radius 1 is 1.05 bits per heavy atom. The third kappa shape index (κ3) is 3.16. The molecule has 1 aromatic heterocycles. The summed E-state index contributed by atoms with van der Waals surface area (Å²) in [5.74, 6) is 0.722. The van der Waals surface area contributed by atoms with Gasteiger partial charge in [0.1, 0.15) is 0 Å². The average Bonchev–Trinajstić information content (AvgIpc) is 2.97. The fourth-order valence-corrected chi connectivity index (χ4v) is 3.05. The van der Waals surface area contributed by atoms with Crippen LogP contribution in [0, 0.1) is 10.1 Å². The van der Waals surface area contributed by atoms with Crippen LogP contribution in [0.15, 0.2) is 54.6 Å². The van der Waals surface area contributed by atoms with Gasteiger partial charge in [-0.2, -0.15) is 0 Å². The molecule has 0 unspecified atom stereocenters. The van der Waals surface area contributed by atoms with E-state index in [4.69, 9.17) is 0 Å². The van der Waals surface area contributed by atoms with Gasteiger partial charge in [0.15, 0.2) is 0 Å². The number of non-ortho nitro benzene ring substituents is 1. The van der Waals surface area contributed by atoms with Crippen molar-refractivity contribution in [1.82, 2.24) is 8.96 Å². The summed E-state index contributed by atoms with van der Waals surface area (Å²) in [5.41, 5.74) is 1.83. The molecule has 0 aliphatic heterocycles. The molecule has 1 N–H and O–H groups in total. The first kappa shape index (κ1) is 13.5. The van der Waals surface area contributed by atoms with Crippen LogP contribution < -0.4 is 5.32 Å². The molecular formula is C14H10N4O2Se. The number of nitro groups is 1. The summed E-state index contributed by atoms with van der Waals surface area (Å²) < 4.78 is 5.22. The quantitative estimate of drug-likeness (QED) is 0.447. The molecule has 7 heteroatoms. The van der Waals surface area contributed by atoms with Crippen molar-refractivity contribution in [3.63, 3.8) is 0 Å². The van der Waals surface area contributed by atoms with Gasteiger partial charge in [0.2, 0.25) is 0 Å². The molecule has 3 rings (SSSR count). The first-order valence-electron chi connectivity index (χ1n) is 6.13. The van der Waals surface area contributed by atoms with Crippen molar-refractivity contribution in [1.29, 1.82) is 0 Å². The molecule has 0 radical (unpaired) electrons. The number of nitro benzene ring substituents is 1. The second-order valence-electron chi connectivity index (χ2n) is 4.22. The van der Waals surface area contributed by atoms with Crippen LogP contribution in [0.2, 0.25) is 0 Å². The van der Waals surface area contributed by atoms with Gasteiger partial charge in [0, 0.05) is 0 Å². The molecule has 2 aromatic carbocycles. The van der Waals surface area contributed by atoms with Gasteiger partial charge in [-0.1, -0.05) is 0 Å². The van der Waals surface area contributed by atoms with E-state index in [2.05, 4.69) is 14.3 Å². The molecule has 0 aliphatic rings. The number of hydrogen-bond acceptors (Lipinski definition) is 5. The van der Waals surface area contributed by atoms with Gasteiger partial charge in [-0.25, -0.2) is 0 Å². The maximum absolute atomic E-state index is 10.6. The summed E-state index contributed by atoms with van der Waals surface area (Å²) in [6.07, 6.45) is 0. The van der Waals surface area contributed by atoms with Crippen LogP contribution in [0.25, 0.3) is 11.4 Å². The Balaban J connectivity index is 1.77. The predicted molar refractivity (Wildman–Crippen MR) is 80.8 cm³/mol. The molecule has 0 bridgehead atoms. The van der Waals surface area contributed by atoms with Gasteiger partial charge >= 0.3 is 126 Å². The van der Waals surface area contributed by atoms with Gasteiger partial charge in [-0.3, -0.25) is 0 Å². The van der Waals surface area contributed by atoms with E-state index in [1.165, 1.54) is 12.1 Å². The van der Waals surface area contributed by atoms with E-state index in [9.17, 15) is 10.1 Å². The van der Waals surface area contributed by atoms with E-state index >= 15 is 0 Å². The second kappa shape index (κ2) is 5.87. The summed E-state index contributed by atoms with van der Waals surface area (Å²) in [7, 11) is 0. The minimum atomic E-state index is -0.419. The van der Waals surface area contributed by atoms with Crippen LogP contribution in [0.3, 0.4) is 0 Å². The Hall–Kier alpha value is -2.50. The standard InChI is InChI=1S/C14H10N4O2Se/c19-18(20)12-8-6-11(7-9-12)15-14-16-13(17-21-14)10-4-2-1-3-5-10/h1-9H,(H,15,16,17). The van der Waals surface area contributed by atoms with Gasteiger partial charge in [0.05, 0.1) is 0 Å². The third-order valence-corrected chi connectivity index (χ3v) is 4.11. The van der Waals surface area contributed by atoms with Crippen molar-refractivity contribution in [2.45, 2.75) is 0 Å². The third-order valence-electron chi connectivity index (χ3n) is 2.79. The van der Waals surface area contributed by atoms with E-state index < -0.39 is 4.92 Å². The number of nitrogens with one attached hydrogen (secondary N) is 1. The second-order valence-corrected chi connectivity index (χ2v) is 5.80. The van der Waals surface area contributed by atoms with Crippen molar-refractivity contribution in [2.24, 2.45) is 0 Å². The first-order valence-corrected chi connectivity index (χ1v) is 7.75. The fourth-order valence-electron chi connectivity index (χ4n) is 1.77. The molecule has 0 aliphatic carbocycles. The SMILES string of the molecule is O=[N+]([O-])c1ccc(Nc2nc(-c3ccccc3)n[se]2)cc1. The molecule has 0 saturated carbocycles. The molecular weight excluding hydrogens is 335 g/mol. The Bertz CT molecular complexity index is 756.